The van der Waals surface area contributed by atoms with Crippen molar-refractivity contribution < 1.29 is 19.1 Å². The van der Waals surface area contributed by atoms with E-state index in [-0.39, 0.29) is 12.5 Å². The summed E-state index contributed by atoms with van der Waals surface area (Å²) in [5.41, 5.74) is 3.55. The lowest BCUT2D eigenvalue weighted by Crippen LogP contribution is -2.31. The molecule has 0 aliphatic heterocycles. The average Bonchev–Trinajstić information content (AvgIpc) is 2.78. The van der Waals surface area contributed by atoms with Crippen molar-refractivity contribution >= 4 is 17.6 Å². The molecule has 3 aromatic carbocycles. The number of rotatable bonds is 8. The van der Waals surface area contributed by atoms with Crippen molar-refractivity contribution in [2.24, 2.45) is 0 Å². The molecule has 0 aromatic heterocycles. The highest BCUT2D eigenvalue weighted by molar-refractivity contribution is 5.98. The van der Waals surface area contributed by atoms with E-state index in [2.05, 4.69) is 19.2 Å². The fourth-order valence-corrected chi connectivity index (χ4v) is 3.21. The highest BCUT2D eigenvalue weighted by atomic mass is 16.6. The van der Waals surface area contributed by atoms with E-state index in [0.717, 1.165) is 16.7 Å². The molecule has 160 valence electrons. The van der Waals surface area contributed by atoms with Gasteiger partial charge in [-0.15, -0.1) is 0 Å². The normalized spacial score (nSPS) is 11.6. The molecule has 0 unspecified atom stereocenters. The summed E-state index contributed by atoms with van der Waals surface area (Å²) in [6.07, 6.45) is -0.958. The summed E-state index contributed by atoms with van der Waals surface area (Å²) in [5, 5.41) is 2.86. The Morgan fingerprint density at radius 2 is 1.48 bits per heavy atom. The molecule has 0 saturated carbocycles. The number of hydrogen-bond acceptors (Lipinski definition) is 4. The molecule has 0 bridgehead atoms. The molecular formula is C26H27NO4. The van der Waals surface area contributed by atoms with Gasteiger partial charge in [-0.1, -0.05) is 80.6 Å². The minimum Gasteiger partial charge on any atom is -0.482 e. The highest BCUT2D eigenvalue weighted by Gasteiger charge is 2.20. The first-order chi connectivity index (χ1) is 15.0. The lowest BCUT2D eigenvalue weighted by molar-refractivity contribution is -0.155. The summed E-state index contributed by atoms with van der Waals surface area (Å²) < 4.78 is 10.9. The summed E-state index contributed by atoms with van der Waals surface area (Å²) in [7, 11) is 0. The first-order valence-electron chi connectivity index (χ1n) is 10.3. The molecule has 1 N–H and O–H groups in total. The molecule has 31 heavy (non-hydrogen) atoms. The van der Waals surface area contributed by atoms with Crippen molar-refractivity contribution in [2.45, 2.75) is 32.8 Å². The number of nitrogens with one attached hydrogen (secondary N) is 1. The molecule has 5 heteroatoms. The minimum absolute atomic E-state index is 0.262. The van der Waals surface area contributed by atoms with Crippen LogP contribution in [0, 0.1) is 0 Å². The van der Waals surface area contributed by atoms with Crippen LogP contribution in [0.5, 0.6) is 5.75 Å². The second-order valence-electron chi connectivity index (χ2n) is 7.51. The van der Waals surface area contributed by atoms with Crippen LogP contribution in [0.15, 0.2) is 78.9 Å². The summed E-state index contributed by atoms with van der Waals surface area (Å²) >= 11 is 0. The van der Waals surface area contributed by atoms with Crippen molar-refractivity contribution in [2.75, 3.05) is 11.9 Å². The number of ether oxygens (including phenoxy) is 2. The van der Waals surface area contributed by atoms with Crippen LogP contribution in [0.3, 0.4) is 0 Å². The van der Waals surface area contributed by atoms with Gasteiger partial charge in [0.2, 0.25) is 0 Å². The Labute approximate surface area is 183 Å². The topological polar surface area (TPSA) is 64.6 Å². The Balaban J connectivity index is 1.59. The van der Waals surface area contributed by atoms with Gasteiger partial charge >= 0.3 is 5.97 Å². The fraction of sp³-hybridized carbons (Fsp3) is 0.231. The molecule has 0 spiro atoms. The Kier molecular flexibility index (Phi) is 7.44. The average molecular weight is 418 g/mol. The Morgan fingerprint density at radius 3 is 2.23 bits per heavy atom. The Morgan fingerprint density at radius 1 is 0.839 bits per heavy atom. The van der Waals surface area contributed by atoms with Crippen LogP contribution in [0.2, 0.25) is 0 Å². The van der Waals surface area contributed by atoms with Crippen LogP contribution in [0.25, 0.3) is 11.1 Å². The zero-order valence-corrected chi connectivity index (χ0v) is 18.0. The number of carbonyl (C=O) groups excluding carboxylic acids is 2. The number of benzene rings is 3. The van der Waals surface area contributed by atoms with Gasteiger partial charge in [0, 0.05) is 11.3 Å². The third-order valence-electron chi connectivity index (χ3n) is 4.83. The van der Waals surface area contributed by atoms with Gasteiger partial charge < -0.3 is 14.8 Å². The third-order valence-corrected chi connectivity index (χ3v) is 4.83. The molecule has 3 aromatic rings. The number of carbonyl (C=O) groups is 2. The van der Waals surface area contributed by atoms with Crippen LogP contribution >= 0.6 is 0 Å². The molecule has 1 amide bonds. The molecule has 0 aliphatic rings. The number of amides is 1. The molecule has 0 heterocycles. The van der Waals surface area contributed by atoms with E-state index < -0.39 is 18.0 Å². The maximum atomic E-state index is 12.6. The zero-order chi connectivity index (χ0) is 22.2. The second kappa shape index (κ2) is 10.4. The first-order valence-corrected chi connectivity index (χ1v) is 10.3. The Bertz CT molecular complexity index is 1030. The standard InChI is InChI=1S/C26H27NO4/c1-18(2)21-13-8-10-16-24(21)30-17-25(28)31-19(3)26(29)27-23-15-9-7-14-22(23)20-11-5-4-6-12-20/h4-16,18-19H,17H2,1-3H3,(H,27,29)/t19-/m0/s1. The summed E-state index contributed by atoms with van der Waals surface area (Å²) in [5.74, 6) is -0.0955. The van der Waals surface area contributed by atoms with E-state index in [9.17, 15) is 9.59 Å². The lowest BCUT2D eigenvalue weighted by atomic mass is 10.0. The maximum absolute atomic E-state index is 12.6. The van der Waals surface area contributed by atoms with Gasteiger partial charge in [-0.2, -0.15) is 0 Å². The van der Waals surface area contributed by atoms with Crippen molar-refractivity contribution in [1.82, 2.24) is 0 Å². The predicted octanol–water partition coefficient (Wildman–Crippen LogP) is 5.43. The zero-order valence-electron chi connectivity index (χ0n) is 18.0. The van der Waals surface area contributed by atoms with Gasteiger partial charge in [-0.05, 0) is 36.1 Å². The van der Waals surface area contributed by atoms with Crippen LogP contribution in [0.4, 0.5) is 5.69 Å². The van der Waals surface area contributed by atoms with E-state index in [4.69, 9.17) is 9.47 Å². The van der Waals surface area contributed by atoms with Gasteiger partial charge in [-0.3, -0.25) is 4.79 Å². The van der Waals surface area contributed by atoms with Crippen LogP contribution in [-0.2, 0) is 14.3 Å². The van der Waals surface area contributed by atoms with E-state index in [1.54, 1.807) is 6.92 Å². The van der Waals surface area contributed by atoms with E-state index in [1.807, 2.05) is 78.9 Å². The number of para-hydroxylation sites is 2. The second-order valence-corrected chi connectivity index (χ2v) is 7.51. The van der Waals surface area contributed by atoms with E-state index >= 15 is 0 Å². The van der Waals surface area contributed by atoms with Crippen molar-refractivity contribution in [3.8, 4) is 16.9 Å². The number of anilines is 1. The molecule has 0 radical (unpaired) electrons. The van der Waals surface area contributed by atoms with E-state index in [1.165, 1.54) is 0 Å². The summed E-state index contributed by atoms with van der Waals surface area (Å²) in [6, 6.07) is 24.8. The molecular weight excluding hydrogens is 390 g/mol. The monoisotopic (exact) mass is 417 g/mol. The molecule has 5 nitrogen and oxygen atoms in total. The van der Waals surface area contributed by atoms with Gasteiger partial charge in [0.25, 0.3) is 5.91 Å². The van der Waals surface area contributed by atoms with Crippen molar-refractivity contribution in [3.63, 3.8) is 0 Å². The molecule has 0 fully saturated rings. The number of hydrogen-bond donors (Lipinski definition) is 1. The Hall–Kier alpha value is -3.60. The summed E-state index contributed by atoms with van der Waals surface area (Å²) in [4.78, 5) is 24.8. The lowest BCUT2D eigenvalue weighted by Gasteiger charge is -2.17. The largest absolute Gasteiger partial charge is 0.482 e. The highest BCUT2D eigenvalue weighted by Crippen LogP contribution is 2.28. The smallest absolute Gasteiger partial charge is 0.344 e. The molecule has 1 atom stereocenters. The van der Waals surface area contributed by atoms with Crippen molar-refractivity contribution in [1.29, 1.82) is 0 Å². The van der Waals surface area contributed by atoms with Gasteiger partial charge in [0.15, 0.2) is 12.7 Å². The van der Waals surface area contributed by atoms with Gasteiger partial charge in [0.1, 0.15) is 5.75 Å². The maximum Gasteiger partial charge on any atom is 0.344 e. The molecule has 3 rings (SSSR count). The first kappa shape index (κ1) is 22.1. The quantitative estimate of drug-likeness (QED) is 0.497. The van der Waals surface area contributed by atoms with Gasteiger partial charge in [-0.25, -0.2) is 4.79 Å². The number of esters is 1. The predicted molar refractivity (Wildman–Crippen MR) is 122 cm³/mol. The third kappa shape index (κ3) is 5.95. The molecule has 0 saturated heterocycles. The van der Waals surface area contributed by atoms with Crippen molar-refractivity contribution in [3.05, 3.63) is 84.4 Å². The van der Waals surface area contributed by atoms with Crippen LogP contribution in [-0.4, -0.2) is 24.6 Å². The summed E-state index contributed by atoms with van der Waals surface area (Å²) in [6.45, 7) is 5.39. The molecule has 0 aliphatic carbocycles. The minimum atomic E-state index is -0.958. The van der Waals surface area contributed by atoms with Gasteiger partial charge in [0.05, 0.1) is 0 Å². The van der Waals surface area contributed by atoms with E-state index in [0.29, 0.717) is 11.4 Å². The van der Waals surface area contributed by atoms with Crippen LogP contribution < -0.4 is 10.1 Å². The van der Waals surface area contributed by atoms with Crippen LogP contribution in [0.1, 0.15) is 32.3 Å². The fourth-order valence-electron chi connectivity index (χ4n) is 3.21. The SMILES string of the molecule is CC(C)c1ccccc1OCC(=O)O[C@@H](C)C(=O)Nc1ccccc1-c1ccccc1.